The summed E-state index contributed by atoms with van der Waals surface area (Å²) in [6.45, 7) is 8.79. The number of hydrogen-bond acceptors (Lipinski definition) is 3. The van der Waals surface area contributed by atoms with Crippen molar-refractivity contribution in [3.8, 4) is 0 Å². The molecule has 5 heteroatoms. The first kappa shape index (κ1) is 13.0. The first-order valence-electron chi connectivity index (χ1n) is 5.78. The maximum absolute atomic E-state index is 12.0. The molecule has 1 aliphatic rings. The van der Waals surface area contributed by atoms with Crippen LogP contribution in [0.4, 0.5) is 4.79 Å². The molecule has 1 aliphatic heterocycles. The quantitative estimate of drug-likeness (QED) is 0.680. The largest absolute Gasteiger partial charge is 0.325 e. The van der Waals surface area contributed by atoms with Crippen LogP contribution in [0.1, 0.15) is 34.1 Å². The van der Waals surface area contributed by atoms with E-state index in [2.05, 4.69) is 10.6 Å². The topological polar surface area (TPSA) is 61.4 Å². The molecule has 1 rings (SSSR count). The fraction of sp³-hybridized carbons (Fsp3) is 0.818. The zero-order chi connectivity index (χ0) is 12.3. The Hall–Kier alpha value is -1.10. The smallest absolute Gasteiger partial charge is 0.323 e. The van der Waals surface area contributed by atoms with Gasteiger partial charge in [-0.05, 0) is 13.3 Å². The first-order valence-corrected chi connectivity index (χ1v) is 5.78. The van der Waals surface area contributed by atoms with Gasteiger partial charge in [0.1, 0.15) is 5.54 Å². The van der Waals surface area contributed by atoms with Crippen LogP contribution in [-0.4, -0.2) is 41.5 Å². The van der Waals surface area contributed by atoms with Gasteiger partial charge in [0.2, 0.25) is 0 Å². The molecule has 0 aromatic carbocycles. The predicted octanol–water partition coefficient (Wildman–Crippen LogP) is 0.705. The van der Waals surface area contributed by atoms with Gasteiger partial charge in [-0.25, -0.2) is 4.79 Å². The maximum atomic E-state index is 12.0. The molecule has 1 atom stereocenters. The van der Waals surface area contributed by atoms with E-state index < -0.39 is 5.54 Å². The second kappa shape index (κ2) is 4.82. The second-order valence-corrected chi connectivity index (χ2v) is 4.68. The van der Waals surface area contributed by atoms with Gasteiger partial charge in [-0.2, -0.15) is 0 Å². The monoisotopic (exact) mass is 227 g/mol. The van der Waals surface area contributed by atoms with E-state index in [1.807, 2.05) is 20.8 Å². The summed E-state index contributed by atoms with van der Waals surface area (Å²) in [5, 5.41) is 5.91. The number of rotatable bonds is 5. The zero-order valence-electron chi connectivity index (χ0n) is 10.5. The minimum absolute atomic E-state index is 0.120. The van der Waals surface area contributed by atoms with Gasteiger partial charge in [0, 0.05) is 19.1 Å². The molecule has 0 spiro atoms. The number of amides is 3. The van der Waals surface area contributed by atoms with Crippen molar-refractivity contribution in [3.63, 3.8) is 0 Å². The lowest BCUT2D eigenvalue weighted by molar-refractivity contribution is -0.130. The molecule has 0 saturated carbocycles. The molecule has 5 nitrogen and oxygen atoms in total. The summed E-state index contributed by atoms with van der Waals surface area (Å²) >= 11 is 0. The van der Waals surface area contributed by atoms with Gasteiger partial charge in [0.25, 0.3) is 5.91 Å². The molecule has 1 unspecified atom stereocenters. The van der Waals surface area contributed by atoms with Crippen LogP contribution < -0.4 is 10.6 Å². The van der Waals surface area contributed by atoms with Gasteiger partial charge >= 0.3 is 6.03 Å². The van der Waals surface area contributed by atoms with Gasteiger partial charge in [-0.15, -0.1) is 0 Å². The van der Waals surface area contributed by atoms with Crippen molar-refractivity contribution in [3.05, 3.63) is 0 Å². The Morgan fingerprint density at radius 3 is 2.50 bits per heavy atom. The van der Waals surface area contributed by atoms with Gasteiger partial charge in [0.05, 0.1) is 0 Å². The van der Waals surface area contributed by atoms with E-state index in [0.29, 0.717) is 25.6 Å². The molecule has 1 fully saturated rings. The van der Waals surface area contributed by atoms with Crippen LogP contribution >= 0.6 is 0 Å². The Morgan fingerprint density at radius 1 is 1.44 bits per heavy atom. The molecule has 0 radical (unpaired) electrons. The van der Waals surface area contributed by atoms with E-state index in [4.69, 9.17) is 0 Å². The minimum atomic E-state index is -0.713. The number of imide groups is 1. The molecule has 0 bridgehead atoms. The van der Waals surface area contributed by atoms with E-state index in [1.165, 1.54) is 4.90 Å². The molecular weight excluding hydrogens is 206 g/mol. The van der Waals surface area contributed by atoms with Crippen molar-refractivity contribution in [2.75, 3.05) is 13.1 Å². The first-order chi connectivity index (χ1) is 7.40. The van der Waals surface area contributed by atoms with Gasteiger partial charge in [0.15, 0.2) is 0 Å². The summed E-state index contributed by atoms with van der Waals surface area (Å²) in [4.78, 5) is 24.9. The van der Waals surface area contributed by atoms with Crippen molar-refractivity contribution < 1.29 is 9.59 Å². The van der Waals surface area contributed by atoms with Gasteiger partial charge < -0.3 is 10.6 Å². The highest BCUT2D eigenvalue weighted by Crippen LogP contribution is 2.20. The van der Waals surface area contributed by atoms with E-state index in [9.17, 15) is 9.59 Å². The van der Waals surface area contributed by atoms with Gasteiger partial charge in [-0.3, -0.25) is 9.69 Å². The molecule has 0 aromatic heterocycles. The SMILES string of the molecule is CCC1(C)NC(=O)N(CCNC(C)C)C1=O. The number of carbonyl (C=O) groups is 2. The Morgan fingerprint density at radius 2 is 2.06 bits per heavy atom. The third-order valence-electron chi connectivity index (χ3n) is 2.94. The van der Waals surface area contributed by atoms with Crippen LogP contribution in [0.3, 0.4) is 0 Å². The summed E-state index contributed by atoms with van der Waals surface area (Å²) < 4.78 is 0. The van der Waals surface area contributed by atoms with Crippen LogP contribution in [0.5, 0.6) is 0 Å². The van der Waals surface area contributed by atoms with Crippen molar-refractivity contribution in [2.24, 2.45) is 0 Å². The van der Waals surface area contributed by atoms with Crippen LogP contribution in [0.15, 0.2) is 0 Å². The van der Waals surface area contributed by atoms with Crippen LogP contribution in [0.2, 0.25) is 0 Å². The zero-order valence-corrected chi connectivity index (χ0v) is 10.5. The second-order valence-electron chi connectivity index (χ2n) is 4.68. The van der Waals surface area contributed by atoms with E-state index >= 15 is 0 Å². The third kappa shape index (κ3) is 2.52. The third-order valence-corrected chi connectivity index (χ3v) is 2.94. The van der Waals surface area contributed by atoms with Gasteiger partial charge in [-0.1, -0.05) is 20.8 Å². The molecule has 16 heavy (non-hydrogen) atoms. The van der Waals surface area contributed by atoms with Crippen molar-refractivity contribution in [2.45, 2.75) is 45.7 Å². The van der Waals surface area contributed by atoms with Crippen molar-refractivity contribution in [1.82, 2.24) is 15.5 Å². The van der Waals surface area contributed by atoms with E-state index in [-0.39, 0.29) is 11.9 Å². The standard InChI is InChI=1S/C11H21N3O2/c1-5-11(4)9(15)14(10(16)13-11)7-6-12-8(2)3/h8,12H,5-7H2,1-4H3,(H,13,16). The number of nitrogens with one attached hydrogen (secondary N) is 2. The van der Waals surface area contributed by atoms with E-state index in [0.717, 1.165) is 0 Å². The average molecular weight is 227 g/mol. The summed E-state index contributed by atoms with van der Waals surface area (Å²) in [5.41, 5.74) is -0.713. The molecule has 0 aliphatic carbocycles. The Bertz CT molecular complexity index is 291. The van der Waals surface area contributed by atoms with Crippen molar-refractivity contribution in [1.29, 1.82) is 0 Å². The Kier molecular flexibility index (Phi) is 3.91. The Labute approximate surface area is 96.6 Å². The lowest BCUT2D eigenvalue weighted by atomic mass is 9.99. The van der Waals surface area contributed by atoms with Crippen molar-refractivity contribution >= 4 is 11.9 Å². The number of urea groups is 1. The van der Waals surface area contributed by atoms with Crippen LogP contribution in [-0.2, 0) is 4.79 Å². The summed E-state index contributed by atoms with van der Waals surface area (Å²) in [5.74, 6) is -0.120. The van der Waals surface area contributed by atoms with Crippen LogP contribution in [0.25, 0.3) is 0 Å². The molecule has 3 amide bonds. The maximum Gasteiger partial charge on any atom is 0.325 e. The fourth-order valence-electron chi connectivity index (χ4n) is 1.65. The molecule has 2 N–H and O–H groups in total. The van der Waals surface area contributed by atoms with E-state index in [1.54, 1.807) is 6.92 Å². The summed E-state index contributed by atoms with van der Waals surface area (Å²) in [6.07, 6.45) is 0.617. The predicted molar refractivity (Wildman–Crippen MR) is 62.1 cm³/mol. The molecule has 0 aromatic rings. The lowest BCUT2D eigenvalue weighted by Crippen LogP contribution is -2.43. The minimum Gasteiger partial charge on any atom is -0.323 e. The molecule has 1 heterocycles. The highest BCUT2D eigenvalue weighted by molar-refractivity contribution is 6.06. The molecule has 92 valence electrons. The summed E-state index contributed by atoms with van der Waals surface area (Å²) in [6, 6.07) is 0.0817. The Balaban J connectivity index is 2.55. The number of nitrogens with zero attached hydrogens (tertiary/aromatic N) is 1. The number of hydrogen-bond donors (Lipinski definition) is 2. The highest BCUT2D eigenvalue weighted by Gasteiger charge is 2.45. The van der Waals surface area contributed by atoms with Crippen LogP contribution in [0, 0.1) is 0 Å². The molecule has 1 saturated heterocycles. The highest BCUT2D eigenvalue weighted by atomic mass is 16.2. The molecular formula is C11H21N3O2. The normalized spacial score (nSPS) is 25.4. The average Bonchev–Trinajstić information content (AvgIpc) is 2.42. The fourth-order valence-corrected chi connectivity index (χ4v) is 1.65. The summed E-state index contributed by atoms with van der Waals surface area (Å²) in [7, 11) is 0. The number of carbonyl (C=O) groups excluding carboxylic acids is 2. The lowest BCUT2D eigenvalue weighted by Gasteiger charge is -2.19.